The van der Waals surface area contributed by atoms with E-state index in [0.717, 1.165) is 28.0 Å². The van der Waals surface area contributed by atoms with Gasteiger partial charge in [0, 0.05) is 11.3 Å². The van der Waals surface area contributed by atoms with Crippen LogP contribution in [0, 0.1) is 5.92 Å². The quantitative estimate of drug-likeness (QED) is 0.146. The van der Waals surface area contributed by atoms with Gasteiger partial charge >= 0.3 is 0 Å². The number of carbonyl (C=O) groups is 1. The molecule has 1 fully saturated rings. The van der Waals surface area contributed by atoms with Crippen molar-refractivity contribution in [1.82, 2.24) is 4.90 Å². The molecular formula is C36H45NO7S2Si. The molecule has 3 aromatic rings. The summed E-state index contributed by atoms with van der Waals surface area (Å²) in [7, 11) is 2.30. The first-order valence-electron chi connectivity index (χ1n) is 15.8. The van der Waals surface area contributed by atoms with Crippen LogP contribution in [0.4, 0.5) is 0 Å². The third-order valence-electron chi connectivity index (χ3n) is 9.41. The zero-order chi connectivity index (χ0) is 34.1. The van der Waals surface area contributed by atoms with Gasteiger partial charge in [-0.2, -0.15) is 0 Å². The van der Waals surface area contributed by atoms with Crippen molar-refractivity contribution >= 4 is 42.5 Å². The van der Waals surface area contributed by atoms with Crippen molar-refractivity contribution in [3.8, 4) is 39.9 Å². The summed E-state index contributed by atoms with van der Waals surface area (Å²) in [4.78, 5) is 16.6. The number of rotatable bonds is 11. The minimum Gasteiger partial charge on any atom is -0.493 e. The van der Waals surface area contributed by atoms with Crippen LogP contribution in [-0.2, 0) is 15.6 Å². The fraction of sp³-hybridized carbons (Fsp3) is 0.444. The molecule has 0 unspecified atom stereocenters. The lowest BCUT2D eigenvalue weighted by Crippen LogP contribution is -2.47. The minimum absolute atomic E-state index is 0.0633. The second-order valence-electron chi connectivity index (χ2n) is 13.4. The van der Waals surface area contributed by atoms with Crippen molar-refractivity contribution in [3.05, 3.63) is 65.7 Å². The van der Waals surface area contributed by atoms with Crippen LogP contribution < -0.4 is 23.7 Å². The van der Waals surface area contributed by atoms with Gasteiger partial charge in [0.15, 0.2) is 31.3 Å². The maximum absolute atomic E-state index is 14.8. The molecule has 8 nitrogen and oxygen atoms in total. The highest BCUT2D eigenvalue weighted by Crippen LogP contribution is 2.53. The molecule has 0 bridgehead atoms. The van der Waals surface area contributed by atoms with Crippen molar-refractivity contribution in [2.24, 2.45) is 5.92 Å². The number of thiocarbonyl (C=S) groups is 1. The number of hydrogen-bond donors (Lipinski definition) is 0. The lowest BCUT2D eigenvalue weighted by Gasteiger charge is -2.42. The largest absolute Gasteiger partial charge is 0.493 e. The van der Waals surface area contributed by atoms with Crippen molar-refractivity contribution in [2.45, 2.75) is 64.4 Å². The maximum atomic E-state index is 14.8. The number of ether oxygens (including phenoxy) is 5. The first-order valence-corrected chi connectivity index (χ1v) is 20.1. The second kappa shape index (κ2) is 14.1. The smallest absolute Gasteiger partial charge is 0.234 e. The van der Waals surface area contributed by atoms with E-state index in [4.69, 9.17) is 40.3 Å². The third kappa shape index (κ3) is 6.99. The summed E-state index contributed by atoms with van der Waals surface area (Å²) in [6, 6.07) is 17.8. The second-order valence-corrected chi connectivity index (χ2v) is 19.8. The van der Waals surface area contributed by atoms with E-state index in [1.165, 1.54) is 0 Å². The molecule has 1 saturated heterocycles. The van der Waals surface area contributed by atoms with Crippen LogP contribution in [0.15, 0.2) is 54.6 Å². The van der Waals surface area contributed by atoms with E-state index in [9.17, 15) is 4.79 Å². The Morgan fingerprint density at radius 2 is 1.68 bits per heavy atom. The summed E-state index contributed by atoms with van der Waals surface area (Å²) in [6.45, 7) is 13.1. The number of benzene rings is 3. The van der Waals surface area contributed by atoms with Gasteiger partial charge in [0.1, 0.15) is 4.32 Å². The number of hydrogen-bond acceptors (Lipinski definition) is 9. The first-order chi connectivity index (χ1) is 22.3. The predicted molar refractivity (Wildman–Crippen MR) is 194 cm³/mol. The summed E-state index contributed by atoms with van der Waals surface area (Å²) in [5.41, 5.74) is 3.45. The molecule has 0 spiro atoms. The van der Waals surface area contributed by atoms with E-state index in [1.807, 2.05) is 54.3 Å². The van der Waals surface area contributed by atoms with Gasteiger partial charge in [-0.3, -0.25) is 9.69 Å². The highest BCUT2D eigenvalue weighted by atomic mass is 32.2. The Bertz CT molecular complexity index is 1630. The topological polar surface area (TPSA) is 75.7 Å². The molecule has 3 atom stereocenters. The summed E-state index contributed by atoms with van der Waals surface area (Å²) in [5, 5.41) is -0.137. The number of amides is 1. The Labute approximate surface area is 289 Å². The molecule has 1 amide bonds. The fourth-order valence-corrected chi connectivity index (χ4v) is 8.54. The van der Waals surface area contributed by atoms with Gasteiger partial charge in [0.05, 0.1) is 39.4 Å². The van der Waals surface area contributed by atoms with Gasteiger partial charge < -0.3 is 28.1 Å². The molecule has 2 heterocycles. The van der Waals surface area contributed by atoms with Crippen LogP contribution in [-0.4, -0.2) is 63.4 Å². The van der Waals surface area contributed by atoms with E-state index in [2.05, 4.69) is 46.0 Å². The minimum atomic E-state index is -2.48. The fourth-order valence-electron chi connectivity index (χ4n) is 5.79. The predicted octanol–water partition coefficient (Wildman–Crippen LogP) is 8.28. The van der Waals surface area contributed by atoms with E-state index in [1.54, 1.807) is 33.1 Å². The average Bonchev–Trinajstić information content (AvgIpc) is 3.67. The normalized spacial score (nSPS) is 17.4. The summed E-state index contributed by atoms with van der Waals surface area (Å²) < 4.78 is 37.0. The molecule has 0 saturated carbocycles. The Balaban J connectivity index is 1.68. The van der Waals surface area contributed by atoms with Crippen LogP contribution in [0.2, 0.25) is 18.1 Å². The van der Waals surface area contributed by atoms with E-state index < -0.39 is 20.3 Å². The van der Waals surface area contributed by atoms with Gasteiger partial charge in [0.2, 0.25) is 18.4 Å². The lowest BCUT2D eigenvalue weighted by molar-refractivity contribution is -0.135. The molecule has 11 heteroatoms. The molecule has 47 heavy (non-hydrogen) atoms. The Morgan fingerprint density at radius 3 is 2.32 bits per heavy atom. The molecule has 0 N–H and O–H groups in total. The molecular weight excluding hydrogens is 651 g/mol. The van der Waals surface area contributed by atoms with Crippen molar-refractivity contribution in [1.29, 1.82) is 0 Å². The molecule has 5 rings (SSSR count). The molecule has 0 aliphatic carbocycles. The highest BCUT2D eigenvalue weighted by molar-refractivity contribution is 8.23. The van der Waals surface area contributed by atoms with Gasteiger partial charge in [-0.15, -0.1) is 0 Å². The van der Waals surface area contributed by atoms with Crippen LogP contribution in [0.3, 0.4) is 0 Å². The number of methoxy groups -OCH3 is 3. The number of thioether (sulfide) groups is 1. The number of fused-ring (bicyclic) bond motifs is 1. The van der Waals surface area contributed by atoms with Crippen molar-refractivity contribution in [2.75, 3.05) is 33.9 Å². The number of nitrogens with zero attached hydrogens (tertiary/aromatic N) is 1. The zero-order valence-electron chi connectivity index (χ0n) is 28.7. The summed E-state index contributed by atoms with van der Waals surface area (Å²) >= 11 is 7.37. The summed E-state index contributed by atoms with van der Waals surface area (Å²) in [5.74, 6) is 2.73. The molecule has 2 aliphatic heterocycles. The van der Waals surface area contributed by atoms with Gasteiger partial charge in [-0.25, -0.2) is 0 Å². The van der Waals surface area contributed by atoms with Crippen molar-refractivity contribution in [3.63, 3.8) is 0 Å². The standard InChI is InChI=1S/C36H45NO7S2Si/c1-22(34(38)37-25(20-46-35(37)45)17-23-13-11-10-12-14-23)31(44-47(8,9)36(2,3)4)26-19-29(39-5)32(40-6)33(41-7)30(26)24-15-16-27-28(18-24)43-21-42-27/h10-16,18-19,22,25,31H,17,20-21H2,1-9H3/t22-,25-,31-/m0/s1. The van der Waals surface area contributed by atoms with E-state index >= 15 is 0 Å². The summed E-state index contributed by atoms with van der Waals surface area (Å²) in [6.07, 6.45) is 0.0376. The number of carbonyl (C=O) groups excluding carboxylic acids is 1. The molecule has 0 radical (unpaired) electrons. The third-order valence-corrected chi connectivity index (χ3v) is 15.4. The van der Waals surface area contributed by atoms with Crippen LogP contribution in [0.5, 0.6) is 28.7 Å². The Kier molecular flexibility index (Phi) is 10.5. The van der Waals surface area contributed by atoms with E-state index in [0.29, 0.717) is 39.5 Å². The van der Waals surface area contributed by atoms with Crippen LogP contribution in [0.1, 0.15) is 44.9 Å². The van der Waals surface area contributed by atoms with E-state index in [-0.39, 0.29) is 23.8 Å². The van der Waals surface area contributed by atoms with Crippen molar-refractivity contribution < 1.29 is 32.9 Å². The first kappa shape index (κ1) is 35.1. The van der Waals surface area contributed by atoms with Crippen LogP contribution in [0.25, 0.3) is 11.1 Å². The Hall–Kier alpha value is -3.25. The highest BCUT2D eigenvalue weighted by Gasteiger charge is 2.45. The maximum Gasteiger partial charge on any atom is 0.234 e. The SMILES string of the molecule is COc1cc([C@@H](O[Si](C)(C)C(C)(C)C)[C@H](C)C(=O)N2C(=S)SC[C@@H]2Cc2ccccc2)c(-c2ccc3c(c2)OCO3)c(OC)c1OC. The molecule has 252 valence electrons. The van der Waals surface area contributed by atoms with Gasteiger partial charge in [-0.05, 0) is 59.4 Å². The Morgan fingerprint density at radius 1 is 1.00 bits per heavy atom. The molecule has 0 aromatic heterocycles. The van der Waals surface area contributed by atoms with Gasteiger partial charge in [-0.1, -0.05) is 88.1 Å². The zero-order valence-corrected chi connectivity index (χ0v) is 31.3. The van der Waals surface area contributed by atoms with Gasteiger partial charge in [0.25, 0.3) is 0 Å². The van der Waals surface area contributed by atoms with Crippen LogP contribution >= 0.6 is 24.0 Å². The molecule has 2 aliphatic rings. The lowest BCUT2D eigenvalue weighted by atomic mass is 9.88. The molecule has 3 aromatic carbocycles. The average molecular weight is 696 g/mol. The monoisotopic (exact) mass is 695 g/mol.